The summed E-state index contributed by atoms with van der Waals surface area (Å²) in [4.78, 5) is 31.2. The van der Waals surface area contributed by atoms with E-state index in [1.807, 2.05) is 6.07 Å². The molecule has 6 nitrogen and oxygen atoms in total. The molecular formula is C23H27FN4O2. The van der Waals surface area contributed by atoms with Crippen LogP contribution in [0.2, 0.25) is 0 Å². The first-order valence-electron chi connectivity index (χ1n) is 10.8. The predicted molar refractivity (Wildman–Crippen MR) is 111 cm³/mol. The van der Waals surface area contributed by atoms with Crippen LogP contribution in [0.25, 0.3) is 0 Å². The van der Waals surface area contributed by atoms with Gasteiger partial charge in [-0.25, -0.2) is 4.39 Å². The summed E-state index contributed by atoms with van der Waals surface area (Å²) in [5, 5.41) is 6.53. The molecule has 1 aliphatic heterocycles. The number of rotatable bonds is 6. The van der Waals surface area contributed by atoms with Crippen LogP contribution in [-0.2, 0) is 15.0 Å². The summed E-state index contributed by atoms with van der Waals surface area (Å²) in [6.07, 6.45) is 7.18. The Labute approximate surface area is 175 Å². The maximum absolute atomic E-state index is 13.6. The molecule has 1 aromatic rings. The molecule has 1 saturated heterocycles. The van der Waals surface area contributed by atoms with E-state index < -0.39 is 0 Å². The summed E-state index contributed by atoms with van der Waals surface area (Å²) in [7, 11) is 1.69. The van der Waals surface area contributed by atoms with Crippen LogP contribution >= 0.6 is 0 Å². The van der Waals surface area contributed by atoms with E-state index in [2.05, 4.69) is 27.8 Å². The number of carbonyl (C=O) groups excluding carboxylic acids is 2. The predicted octanol–water partition coefficient (Wildman–Crippen LogP) is 1.83. The number of aliphatic imine (C=N–C) groups is 1. The molecule has 30 heavy (non-hydrogen) atoms. The fourth-order valence-corrected chi connectivity index (χ4v) is 5.48. The number of hydrogen-bond acceptors (Lipinski definition) is 3. The van der Waals surface area contributed by atoms with Gasteiger partial charge in [-0.1, -0.05) is 24.3 Å². The van der Waals surface area contributed by atoms with Crippen LogP contribution in [0.3, 0.4) is 0 Å². The highest BCUT2D eigenvalue weighted by atomic mass is 19.1. The van der Waals surface area contributed by atoms with Crippen molar-refractivity contribution in [3.8, 4) is 0 Å². The van der Waals surface area contributed by atoms with Gasteiger partial charge in [-0.3, -0.25) is 19.5 Å². The molecule has 4 aliphatic rings. The lowest BCUT2D eigenvalue weighted by Gasteiger charge is -2.21. The quantitative estimate of drug-likeness (QED) is 0.325. The lowest BCUT2D eigenvalue weighted by Crippen LogP contribution is -2.45. The molecule has 2 amide bonds. The first kappa shape index (κ1) is 19.3. The maximum atomic E-state index is 13.6. The number of fused-ring (bicyclic) bond motifs is 5. The second-order valence-corrected chi connectivity index (χ2v) is 8.97. The Morgan fingerprint density at radius 2 is 1.87 bits per heavy atom. The maximum Gasteiger partial charge on any atom is 0.233 e. The summed E-state index contributed by atoms with van der Waals surface area (Å²) < 4.78 is 13.6. The van der Waals surface area contributed by atoms with E-state index in [9.17, 15) is 14.0 Å². The minimum atomic E-state index is -0.213. The summed E-state index contributed by atoms with van der Waals surface area (Å²) in [6.45, 7) is 1.46. The molecule has 4 unspecified atom stereocenters. The number of allylic oxidation sites excluding steroid dienone is 2. The third-order valence-electron chi connectivity index (χ3n) is 7.30. The van der Waals surface area contributed by atoms with E-state index in [1.165, 1.54) is 11.0 Å². The van der Waals surface area contributed by atoms with Gasteiger partial charge >= 0.3 is 0 Å². The van der Waals surface area contributed by atoms with Crippen molar-refractivity contribution in [1.29, 1.82) is 0 Å². The van der Waals surface area contributed by atoms with Gasteiger partial charge in [-0.15, -0.1) is 0 Å². The van der Waals surface area contributed by atoms with Crippen LogP contribution in [0.15, 0.2) is 41.4 Å². The highest BCUT2D eigenvalue weighted by molar-refractivity contribution is 6.06. The van der Waals surface area contributed by atoms with Gasteiger partial charge in [0.15, 0.2) is 5.96 Å². The van der Waals surface area contributed by atoms with E-state index in [-0.39, 0.29) is 46.7 Å². The Morgan fingerprint density at radius 3 is 2.47 bits per heavy atom. The number of nitrogens with one attached hydrogen (secondary N) is 2. The van der Waals surface area contributed by atoms with Gasteiger partial charge < -0.3 is 10.6 Å². The second kappa shape index (κ2) is 7.22. The molecule has 1 heterocycles. The van der Waals surface area contributed by atoms with Crippen LogP contribution in [-0.4, -0.2) is 49.4 Å². The molecule has 7 heteroatoms. The molecule has 3 fully saturated rings. The first-order valence-corrected chi connectivity index (χ1v) is 10.8. The Bertz CT molecular complexity index is 909. The average Bonchev–Trinajstić information content (AvgIpc) is 3.13. The molecule has 4 atom stereocenters. The van der Waals surface area contributed by atoms with Gasteiger partial charge in [-0.05, 0) is 48.8 Å². The zero-order valence-electron chi connectivity index (χ0n) is 17.1. The van der Waals surface area contributed by atoms with Gasteiger partial charge in [0.1, 0.15) is 5.82 Å². The molecule has 0 radical (unpaired) electrons. The Morgan fingerprint density at radius 1 is 1.17 bits per heavy atom. The van der Waals surface area contributed by atoms with Crippen molar-refractivity contribution in [3.05, 3.63) is 47.8 Å². The van der Waals surface area contributed by atoms with Gasteiger partial charge in [0.2, 0.25) is 11.8 Å². The van der Waals surface area contributed by atoms with Crippen molar-refractivity contribution in [2.24, 2.45) is 28.7 Å². The number of nitrogens with zero attached hydrogens (tertiary/aromatic N) is 2. The molecule has 2 N–H and O–H groups in total. The van der Waals surface area contributed by atoms with Crippen LogP contribution in [0, 0.1) is 29.5 Å². The van der Waals surface area contributed by atoms with Gasteiger partial charge in [0.25, 0.3) is 0 Å². The highest BCUT2D eigenvalue weighted by Crippen LogP contribution is 2.52. The molecule has 2 bridgehead atoms. The van der Waals surface area contributed by atoms with Crippen molar-refractivity contribution >= 4 is 17.8 Å². The molecule has 2 saturated carbocycles. The van der Waals surface area contributed by atoms with Crippen LogP contribution in [0.5, 0.6) is 0 Å². The number of hydrogen-bond donors (Lipinski definition) is 2. The molecular weight excluding hydrogens is 383 g/mol. The van der Waals surface area contributed by atoms with Gasteiger partial charge in [0.05, 0.1) is 11.8 Å². The van der Waals surface area contributed by atoms with Crippen molar-refractivity contribution in [1.82, 2.24) is 15.5 Å². The molecule has 0 aromatic heterocycles. The van der Waals surface area contributed by atoms with Crippen LogP contribution in [0.1, 0.15) is 24.8 Å². The number of benzene rings is 1. The smallest absolute Gasteiger partial charge is 0.233 e. The molecule has 158 valence electrons. The number of carbonyl (C=O) groups is 2. The fourth-order valence-electron chi connectivity index (χ4n) is 5.48. The molecule has 0 spiro atoms. The fraction of sp³-hybridized carbons (Fsp3) is 0.522. The van der Waals surface area contributed by atoms with E-state index in [0.29, 0.717) is 25.6 Å². The van der Waals surface area contributed by atoms with Crippen molar-refractivity contribution in [2.45, 2.75) is 24.7 Å². The topological polar surface area (TPSA) is 73.8 Å². The van der Waals surface area contributed by atoms with Crippen LogP contribution in [0.4, 0.5) is 4.39 Å². The van der Waals surface area contributed by atoms with E-state index in [0.717, 1.165) is 24.8 Å². The van der Waals surface area contributed by atoms with E-state index >= 15 is 0 Å². The summed E-state index contributed by atoms with van der Waals surface area (Å²) >= 11 is 0. The third-order valence-corrected chi connectivity index (χ3v) is 7.30. The normalized spacial score (nSPS) is 30.7. The number of amides is 2. The lowest BCUT2D eigenvalue weighted by molar-refractivity contribution is -0.140. The molecule has 3 aliphatic carbocycles. The number of guanidine groups is 1. The Hall–Kier alpha value is -2.70. The van der Waals surface area contributed by atoms with Crippen molar-refractivity contribution < 1.29 is 14.0 Å². The van der Waals surface area contributed by atoms with Gasteiger partial charge in [0, 0.05) is 32.1 Å². The standard InChI is InChI=1S/C23H27FN4O2/c1-25-22(27-13-23(7-8-23)16-3-2-4-17(24)12-16)26-9-10-28-20(29)18-14-5-6-15(11-14)19(18)21(28)30/h2-6,12,14-15,18-19H,7-11,13H2,1H3,(H2,25,26,27). The molecule has 5 rings (SSSR count). The Balaban J connectivity index is 1.13. The van der Waals surface area contributed by atoms with Crippen LogP contribution < -0.4 is 10.6 Å². The Kier molecular flexibility index (Phi) is 4.64. The monoisotopic (exact) mass is 410 g/mol. The number of imide groups is 1. The third kappa shape index (κ3) is 3.11. The van der Waals surface area contributed by atoms with E-state index in [1.54, 1.807) is 19.2 Å². The lowest BCUT2D eigenvalue weighted by atomic mass is 9.85. The zero-order valence-corrected chi connectivity index (χ0v) is 17.1. The molecule has 1 aromatic carbocycles. The largest absolute Gasteiger partial charge is 0.356 e. The number of halogens is 1. The summed E-state index contributed by atoms with van der Waals surface area (Å²) in [5.74, 6) is 0.553. The van der Waals surface area contributed by atoms with Crippen molar-refractivity contribution in [2.75, 3.05) is 26.7 Å². The summed E-state index contributed by atoms with van der Waals surface area (Å²) in [6, 6.07) is 6.79. The zero-order chi connectivity index (χ0) is 20.9. The first-order chi connectivity index (χ1) is 14.5. The SMILES string of the molecule is CN=C(NCCN1C(=O)C2C3C=CC(C3)C2C1=O)NCC1(c2cccc(F)c2)CC1. The minimum absolute atomic E-state index is 0.0189. The summed E-state index contributed by atoms with van der Waals surface area (Å²) in [5.41, 5.74) is 0.957. The minimum Gasteiger partial charge on any atom is -0.356 e. The highest BCUT2D eigenvalue weighted by Gasteiger charge is 2.58. The van der Waals surface area contributed by atoms with Gasteiger partial charge in [-0.2, -0.15) is 0 Å². The average molecular weight is 410 g/mol. The second-order valence-electron chi connectivity index (χ2n) is 8.97. The van der Waals surface area contributed by atoms with Crippen molar-refractivity contribution in [3.63, 3.8) is 0 Å². The number of likely N-dealkylation sites (tertiary alicyclic amines) is 1. The van der Waals surface area contributed by atoms with E-state index in [4.69, 9.17) is 0 Å².